The van der Waals surface area contributed by atoms with E-state index < -0.39 is 21.5 Å². The summed E-state index contributed by atoms with van der Waals surface area (Å²) in [4.78, 5) is 18.7. The lowest BCUT2D eigenvalue weighted by Crippen LogP contribution is -2.36. The minimum Gasteiger partial charge on any atom is -0.291 e. The topological polar surface area (TPSA) is 67.3 Å². The molecule has 0 aliphatic heterocycles. The van der Waals surface area contributed by atoms with Crippen LogP contribution in [0.1, 0.15) is 11.1 Å². The van der Waals surface area contributed by atoms with E-state index in [-0.39, 0.29) is 11.4 Å². The molecule has 0 atom stereocenters. The van der Waals surface area contributed by atoms with Gasteiger partial charge in [-0.2, -0.15) is 0 Å². The lowest BCUT2D eigenvalue weighted by Gasteiger charge is -2.22. The Kier molecular flexibility index (Phi) is 5.66. The first-order valence-corrected chi connectivity index (χ1v) is 10.2. The number of amides is 1. The number of sulfone groups is 1. The van der Waals surface area contributed by atoms with Crippen molar-refractivity contribution in [3.8, 4) is 0 Å². The molecule has 1 aromatic heterocycles. The summed E-state index contributed by atoms with van der Waals surface area (Å²) >= 11 is 0. The van der Waals surface area contributed by atoms with E-state index in [1.807, 2.05) is 37.3 Å². The van der Waals surface area contributed by atoms with Crippen LogP contribution in [0, 0.1) is 6.92 Å². The van der Waals surface area contributed by atoms with E-state index >= 15 is 0 Å². The fourth-order valence-electron chi connectivity index (χ4n) is 2.65. The quantitative estimate of drug-likeness (QED) is 0.657. The van der Waals surface area contributed by atoms with E-state index in [4.69, 9.17) is 0 Å². The summed E-state index contributed by atoms with van der Waals surface area (Å²) in [5.41, 5.74) is 1.85. The first-order valence-electron chi connectivity index (χ1n) is 8.50. The van der Waals surface area contributed by atoms with Crippen LogP contribution in [0.5, 0.6) is 0 Å². The summed E-state index contributed by atoms with van der Waals surface area (Å²) in [6, 6.07) is 21.1. The second kappa shape index (κ2) is 8.14. The average molecular weight is 380 g/mol. The minimum absolute atomic E-state index is 0.141. The predicted molar refractivity (Wildman–Crippen MR) is 105 cm³/mol. The Balaban J connectivity index is 1.87. The molecule has 0 fully saturated rings. The van der Waals surface area contributed by atoms with E-state index in [1.54, 1.807) is 36.5 Å². The van der Waals surface area contributed by atoms with Gasteiger partial charge in [-0.05, 0) is 36.8 Å². The van der Waals surface area contributed by atoms with Crippen molar-refractivity contribution >= 4 is 21.6 Å². The third kappa shape index (κ3) is 4.80. The molecule has 27 heavy (non-hydrogen) atoms. The van der Waals surface area contributed by atoms with Gasteiger partial charge in [-0.25, -0.2) is 13.4 Å². The second-order valence-corrected chi connectivity index (χ2v) is 8.22. The molecular weight excluding hydrogens is 360 g/mol. The molecule has 3 aromatic rings. The van der Waals surface area contributed by atoms with Crippen molar-refractivity contribution in [2.45, 2.75) is 18.4 Å². The number of hydrogen-bond acceptors (Lipinski definition) is 4. The maximum atomic E-state index is 12.9. The van der Waals surface area contributed by atoms with Gasteiger partial charge in [0.1, 0.15) is 11.6 Å². The Hall–Kier alpha value is -2.99. The summed E-state index contributed by atoms with van der Waals surface area (Å²) in [6.07, 6.45) is 1.58. The van der Waals surface area contributed by atoms with Crippen LogP contribution >= 0.6 is 0 Å². The normalized spacial score (nSPS) is 11.1. The molecule has 0 N–H and O–H groups in total. The zero-order valence-electron chi connectivity index (χ0n) is 14.9. The molecule has 0 saturated carbocycles. The Labute approximate surface area is 159 Å². The van der Waals surface area contributed by atoms with Crippen molar-refractivity contribution in [3.63, 3.8) is 0 Å². The first kappa shape index (κ1) is 18.8. The van der Waals surface area contributed by atoms with Gasteiger partial charge < -0.3 is 0 Å². The van der Waals surface area contributed by atoms with Crippen LogP contribution in [0.4, 0.5) is 5.82 Å². The van der Waals surface area contributed by atoms with Crippen LogP contribution in [-0.2, 0) is 21.2 Å². The van der Waals surface area contributed by atoms with Gasteiger partial charge in [0.2, 0.25) is 5.91 Å². The molecule has 0 radical (unpaired) electrons. The minimum atomic E-state index is -3.74. The van der Waals surface area contributed by atoms with Gasteiger partial charge in [-0.15, -0.1) is 0 Å². The molecule has 6 heteroatoms. The third-order valence-corrected chi connectivity index (χ3v) is 5.72. The van der Waals surface area contributed by atoms with Crippen LogP contribution in [-0.4, -0.2) is 25.1 Å². The van der Waals surface area contributed by atoms with Crippen molar-refractivity contribution < 1.29 is 13.2 Å². The van der Waals surface area contributed by atoms with E-state index in [9.17, 15) is 13.2 Å². The first-order chi connectivity index (χ1) is 13.0. The van der Waals surface area contributed by atoms with Gasteiger partial charge in [-0.3, -0.25) is 9.69 Å². The number of carbonyl (C=O) groups is 1. The summed E-state index contributed by atoms with van der Waals surface area (Å²) < 4.78 is 25.3. The number of pyridine rings is 1. The zero-order valence-corrected chi connectivity index (χ0v) is 15.8. The summed E-state index contributed by atoms with van der Waals surface area (Å²) in [6.45, 7) is 2.13. The highest BCUT2D eigenvalue weighted by molar-refractivity contribution is 7.92. The second-order valence-electron chi connectivity index (χ2n) is 6.23. The van der Waals surface area contributed by atoms with Crippen LogP contribution in [0.3, 0.4) is 0 Å². The van der Waals surface area contributed by atoms with Gasteiger partial charge in [-0.1, -0.05) is 54.1 Å². The summed E-state index contributed by atoms with van der Waals surface area (Å²) in [5, 5.41) is 0. The van der Waals surface area contributed by atoms with Gasteiger partial charge in [0, 0.05) is 6.20 Å². The van der Waals surface area contributed by atoms with Crippen LogP contribution in [0.2, 0.25) is 0 Å². The van der Waals surface area contributed by atoms with Crippen molar-refractivity contribution in [3.05, 3.63) is 90.1 Å². The number of benzene rings is 2. The van der Waals surface area contributed by atoms with Gasteiger partial charge in [0.25, 0.3) is 0 Å². The molecule has 5 nitrogen and oxygen atoms in total. The fraction of sp³-hybridized carbons (Fsp3) is 0.143. The van der Waals surface area contributed by atoms with E-state index in [1.165, 1.54) is 17.0 Å². The highest BCUT2D eigenvalue weighted by Crippen LogP contribution is 2.18. The Bertz CT molecular complexity index is 1000. The van der Waals surface area contributed by atoms with E-state index in [0.717, 1.165) is 11.1 Å². The molecule has 0 unspecified atom stereocenters. The molecule has 3 rings (SSSR count). The molecule has 1 amide bonds. The van der Waals surface area contributed by atoms with Crippen LogP contribution in [0.25, 0.3) is 0 Å². The maximum absolute atomic E-state index is 12.9. The average Bonchev–Trinajstić information content (AvgIpc) is 2.67. The standard InChI is InChI=1S/C21H20N2O3S/c1-17-10-12-19(13-11-17)27(25,26)16-21(24)23(20-9-5-6-14-22-20)15-18-7-3-2-4-8-18/h2-14H,15-16H2,1H3. The number of aryl methyl sites for hydroxylation is 1. The molecular formula is C21H20N2O3S. The number of rotatable bonds is 6. The molecule has 1 heterocycles. The van der Waals surface area contributed by atoms with Crippen molar-refractivity contribution in [1.82, 2.24) is 4.98 Å². The zero-order chi connectivity index (χ0) is 19.3. The predicted octanol–water partition coefficient (Wildman–Crippen LogP) is 3.40. The third-order valence-electron chi connectivity index (χ3n) is 4.10. The number of carbonyl (C=O) groups excluding carboxylic acids is 1. The van der Waals surface area contributed by atoms with Crippen molar-refractivity contribution in [2.75, 3.05) is 10.7 Å². The largest absolute Gasteiger partial charge is 0.291 e. The molecule has 0 saturated heterocycles. The molecule has 0 aliphatic rings. The van der Waals surface area contributed by atoms with E-state index in [0.29, 0.717) is 5.82 Å². The van der Waals surface area contributed by atoms with Crippen LogP contribution < -0.4 is 4.90 Å². The smallest absolute Gasteiger partial charge is 0.244 e. The number of hydrogen-bond donors (Lipinski definition) is 0. The number of nitrogens with zero attached hydrogens (tertiary/aromatic N) is 2. The number of anilines is 1. The van der Waals surface area contributed by atoms with Crippen molar-refractivity contribution in [1.29, 1.82) is 0 Å². The summed E-state index contributed by atoms with van der Waals surface area (Å²) in [5.74, 6) is -0.706. The van der Waals surface area contributed by atoms with Crippen molar-refractivity contribution in [2.24, 2.45) is 0 Å². The molecule has 0 spiro atoms. The Morgan fingerprint density at radius 1 is 0.926 bits per heavy atom. The highest BCUT2D eigenvalue weighted by Gasteiger charge is 2.25. The molecule has 0 aliphatic carbocycles. The van der Waals surface area contributed by atoms with Crippen LogP contribution in [0.15, 0.2) is 83.9 Å². The molecule has 0 bridgehead atoms. The number of aromatic nitrogens is 1. The van der Waals surface area contributed by atoms with Gasteiger partial charge >= 0.3 is 0 Å². The lowest BCUT2D eigenvalue weighted by molar-refractivity contribution is -0.116. The molecule has 138 valence electrons. The highest BCUT2D eigenvalue weighted by atomic mass is 32.2. The Morgan fingerprint density at radius 2 is 1.59 bits per heavy atom. The maximum Gasteiger partial charge on any atom is 0.244 e. The van der Waals surface area contributed by atoms with Gasteiger partial charge in [0.05, 0.1) is 11.4 Å². The molecule has 2 aromatic carbocycles. The van der Waals surface area contributed by atoms with E-state index in [2.05, 4.69) is 4.98 Å². The Morgan fingerprint density at radius 3 is 2.22 bits per heavy atom. The SMILES string of the molecule is Cc1ccc(S(=O)(=O)CC(=O)N(Cc2ccccc2)c2ccccn2)cc1. The fourth-order valence-corrected chi connectivity index (χ4v) is 3.84. The summed E-state index contributed by atoms with van der Waals surface area (Å²) in [7, 11) is -3.74. The monoisotopic (exact) mass is 380 g/mol. The van der Waals surface area contributed by atoms with Gasteiger partial charge in [0.15, 0.2) is 9.84 Å². The lowest BCUT2D eigenvalue weighted by atomic mass is 10.2.